The number of hydrogen-bond donors (Lipinski definition) is 1. The van der Waals surface area contributed by atoms with Gasteiger partial charge in [-0.1, -0.05) is 37.3 Å². The Kier molecular flexibility index (Phi) is 5.60. The van der Waals surface area contributed by atoms with E-state index in [1.165, 1.54) is 0 Å². The smallest absolute Gasteiger partial charge is 0.229 e. The minimum atomic E-state index is -0.0264. The predicted molar refractivity (Wildman–Crippen MR) is 82.7 cm³/mol. The van der Waals surface area contributed by atoms with Crippen molar-refractivity contribution >= 4 is 5.91 Å². The van der Waals surface area contributed by atoms with Crippen LogP contribution in [0.4, 0.5) is 0 Å². The lowest BCUT2D eigenvalue weighted by molar-refractivity contribution is -0.133. The van der Waals surface area contributed by atoms with E-state index in [-0.39, 0.29) is 11.8 Å². The SMILES string of the molecule is CCNCC1CCN(C(=O)C(C)c2ccccc2)CC1. The van der Waals surface area contributed by atoms with Crippen molar-refractivity contribution < 1.29 is 4.79 Å². The molecule has 1 aromatic rings. The first-order valence-electron chi connectivity index (χ1n) is 7.76. The Bertz CT molecular complexity index is 410. The highest BCUT2D eigenvalue weighted by atomic mass is 16.2. The molecule has 1 fully saturated rings. The number of likely N-dealkylation sites (tertiary alicyclic amines) is 1. The standard InChI is InChI=1S/C17H26N2O/c1-3-18-13-15-9-11-19(12-10-15)17(20)14(2)16-7-5-4-6-8-16/h4-8,14-15,18H,3,9-13H2,1-2H3. The van der Waals surface area contributed by atoms with Crippen LogP contribution < -0.4 is 5.32 Å². The van der Waals surface area contributed by atoms with Crippen LogP contribution in [0, 0.1) is 5.92 Å². The number of carbonyl (C=O) groups excluding carboxylic acids is 1. The summed E-state index contributed by atoms with van der Waals surface area (Å²) in [6, 6.07) is 10.1. The van der Waals surface area contributed by atoms with Gasteiger partial charge in [0.25, 0.3) is 0 Å². The van der Waals surface area contributed by atoms with E-state index in [0.29, 0.717) is 0 Å². The molecule has 0 aliphatic carbocycles. The van der Waals surface area contributed by atoms with Gasteiger partial charge in [0.05, 0.1) is 5.92 Å². The second-order valence-electron chi connectivity index (χ2n) is 5.71. The van der Waals surface area contributed by atoms with E-state index >= 15 is 0 Å². The molecule has 1 saturated heterocycles. The van der Waals surface area contributed by atoms with Gasteiger partial charge in [-0.3, -0.25) is 4.79 Å². The lowest BCUT2D eigenvalue weighted by atomic mass is 9.94. The van der Waals surface area contributed by atoms with Crippen molar-refractivity contribution in [2.24, 2.45) is 5.92 Å². The van der Waals surface area contributed by atoms with E-state index in [1.54, 1.807) is 0 Å². The van der Waals surface area contributed by atoms with Crippen LogP contribution in [0.3, 0.4) is 0 Å². The van der Waals surface area contributed by atoms with Gasteiger partial charge in [-0.2, -0.15) is 0 Å². The molecule has 1 N–H and O–H groups in total. The van der Waals surface area contributed by atoms with Gasteiger partial charge in [0.15, 0.2) is 0 Å². The van der Waals surface area contributed by atoms with Crippen molar-refractivity contribution in [1.29, 1.82) is 0 Å². The van der Waals surface area contributed by atoms with Crippen LogP contribution in [0.1, 0.15) is 38.2 Å². The van der Waals surface area contributed by atoms with Crippen LogP contribution in [-0.2, 0) is 4.79 Å². The predicted octanol–water partition coefficient (Wildman–Crippen LogP) is 2.64. The monoisotopic (exact) mass is 274 g/mol. The summed E-state index contributed by atoms with van der Waals surface area (Å²) in [5.41, 5.74) is 1.12. The summed E-state index contributed by atoms with van der Waals surface area (Å²) in [5, 5.41) is 3.41. The summed E-state index contributed by atoms with van der Waals surface area (Å²) < 4.78 is 0. The number of carbonyl (C=O) groups is 1. The van der Waals surface area contributed by atoms with Crippen molar-refractivity contribution in [3.8, 4) is 0 Å². The summed E-state index contributed by atoms with van der Waals surface area (Å²) in [6.45, 7) is 8.09. The van der Waals surface area contributed by atoms with E-state index in [1.807, 2.05) is 42.2 Å². The first-order chi connectivity index (χ1) is 9.72. The lowest BCUT2D eigenvalue weighted by Crippen LogP contribution is -2.42. The van der Waals surface area contributed by atoms with Crippen molar-refractivity contribution in [2.75, 3.05) is 26.2 Å². The Balaban J connectivity index is 1.85. The zero-order valence-corrected chi connectivity index (χ0v) is 12.6. The summed E-state index contributed by atoms with van der Waals surface area (Å²) >= 11 is 0. The molecule has 1 aromatic carbocycles. The van der Waals surface area contributed by atoms with Gasteiger partial charge in [-0.25, -0.2) is 0 Å². The molecule has 0 spiro atoms. The van der Waals surface area contributed by atoms with Crippen molar-refractivity contribution in [2.45, 2.75) is 32.6 Å². The van der Waals surface area contributed by atoms with Crippen molar-refractivity contribution in [1.82, 2.24) is 10.2 Å². The van der Waals surface area contributed by atoms with E-state index in [4.69, 9.17) is 0 Å². The molecule has 0 saturated carbocycles. The zero-order chi connectivity index (χ0) is 14.4. The summed E-state index contributed by atoms with van der Waals surface area (Å²) in [5.74, 6) is 0.977. The number of rotatable bonds is 5. The molecule has 1 heterocycles. The highest BCUT2D eigenvalue weighted by Gasteiger charge is 2.26. The van der Waals surface area contributed by atoms with Crippen molar-refractivity contribution in [3.05, 3.63) is 35.9 Å². The van der Waals surface area contributed by atoms with E-state index < -0.39 is 0 Å². The van der Waals surface area contributed by atoms with Gasteiger partial charge >= 0.3 is 0 Å². The summed E-state index contributed by atoms with van der Waals surface area (Å²) in [6.07, 6.45) is 2.25. The molecule has 1 atom stereocenters. The molecule has 20 heavy (non-hydrogen) atoms. The Labute approximate surface area is 122 Å². The molecule has 0 aromatic heterocycles. The Morgan fingerprint density at radius 1 is 1.30 bits per heavy atom. The largest absolute Gasteiger partial charge is 0.342 e. The summed E-state index contributed by atoms with van der Waals surface area (Å²) in [7, 11) is 0. The number of benzene rings is 1. The first-order valence-corrected chi connectivity index (χ1v) is 7.76. The van der Waals surface area contributed by atoms with Crippen LogP contribution in [0.25, 0.3) is 0 Å². The lowest BCUT2D eigenvalue weighted by Gasteiger charge is -2.33. The normalized spacial score (nSPS) is 18.0. The van der Waals surface area contributed by atoms with Gasteiger partial charge in [-0.15, -0.1) is 0 Å². The first kappa shape index (κ1) is 15.0. The second kappa shape index (κ2) is 7.44. The minimum absolute atomic E-state index is 0.0264. The molecular formula is C17H26N2O. The maximum Gasteiger partial charge on any atom is 0.229 e. The fraction of sp³-hybridized carbons (Fsp3) is 0.588. The van der Waals surface area contributed by atoms with Gasteiger partial charge in [0.2, 0.25) is 5.91 Å². The van der Waals surface area contributed by atoms with Crippen LogP contribution in [0.15, 0.2) is 30.3 Å². The molecular weight excluding hydrogens is 248 g/mol. The van der Waals surface area contributed by atoms with E-state index in [2.05, 4.69) is 12.2 Å². The van der Waals surface area contributed by atoms with Crippen molar-refractivity contribution in [3.63, 3.8) is 0 Å². The summed E-state index contributed by atoms with van der Waals surface area (Å²) in [4.78, 5) is 14.6. The zero-order valence-electron chi connectivity index (χ0n) is 12.6. The fourth-order valence-corrected chi connectivity index (χ4v) is 2.86. The molecule has 1 aliphatic heterocycles. The topological polar surface area (TPSA) is 32.3 Å². The average Bonchev–Trinajstić information content (AvgIpc) is 2.53. The van der Waals surface area contributed by atoms with Gasteiger partial charge in [-0.05, 0) is 44.3 Å². The Morgan fingerprint density at radius 2 is 1.95 bits per heavy atom. The van der Waals surface area contributed by atoms with Crippen LogP contribution in [-0.4, -0.2) is 37.0 Å². The highest BCUT2D eigenvalue weighted by Crippen LogP contribution is 2.22. The third-order valence-corrected chi connectivity index (χ3v) is 4.28. The molecule has 3 heteroatoms. The van der Waals surface area contributed by atoms with Gasteiger partial charge in [0.1, 0.15) is 0 Å². The molecule has 0 radical (unpaired) electrons. The highest BCUT2D eigenvalue weighted by molar-refractivity contribution is 5.83. The minimum Gasteiger partial charge on any atom is -0.342 e. The number of nitrogens with one attached hydrogen (secondary N) is 1. The quantitative estimate of drug-likeness (QED) is 0.895. The molecule has 110 valence electrons. The van der Waals surface area contributed by atoms with Crippen LogP contribution in [0.2, 0.25) is 0 Å². The van der Waals surface area contributed by atoms with Crippen LogP contribution in [0.5, 0.6) is 0 Å². The molecule has 3 nitrogen and oxygen atoms in total. The maximum atomic E-state index is 12.5. The molecule has 1 unspecified atom stereocenters. The third-order valence-electron chi connectivity index (χ3n) is 4.28. The average molecular weight is 274 g/mol. The van der Waals surface area contributed by atoms with Crippen LogP contribution >= 0.6 is 0 Å². The number of amides is 1. The third kappa shape index (κ3) is 3.83. The molecule has 1 aliphatic rings. The van der Waals surface area contributed by atoms with Gasteiger partial charge in [0, 0.05) is 13.1 Å². The number of piperidine rings is 1. The van der Waals surface area contributed by atoms with E-state index in [0.717, 1.165) is 50.5 Å². The van der Waals surface area contributed by atoms with Gasteiger partial charge < -0.3 is 10.2 Å². The Hall–Kier alpha value is -1.35. The number of nitrogens with zero attached hydrogens (tertiary/aromatic N) is 1. The van der Waals surface area contributed by atoms with E-state index in [9.17, 15) is 4.79 Å². The maximum absolute atomic E-state index is 12.5. The number of hydrogen-bond acceptors (Lipinski definition) is 2. The molecule has 1 amide bonds. The molecule has 0 bridgehead atoms. The molecule has 2 rings (SSSR count). The fourth-order valence-electron chi connectivity index (χ4n) is 2.86. The second-order valence-corrected chi connectivity index (χ2v) is 5.71. The Morgan fingerprint density at radius 3 is 2.55 bits per heavy atom.